The molecular formula is C28H44O3. The van der Waals surface area contributed by atoms with Crippen LogP contribution in [0.15, 0.2) is 47.6 Å². The first-order valence-corrected chi connectivity index (χ1v) is 12.3. The van der Waals surface area contributed by atoms with Gasteiger partial charge in [0.25, 0.3) is 0 Å². The van der Waals surface area contributed by atoms with Gasteiger partial charge in [-0.15, -0.1) is 0 Å². The third-order valence-electron chi connectivity index (χ3n) is 8.75. The van der Waals surface area contributed by atoms with Gasteiger partial charge in [0.1, 0.15) is 0 Å². The van der Waals surface area contributed by atoms with Gasteiger partial charge < -0.3 is 15.3 Å². The summed E-state index contributed by atoms with van der Waals surface area (Å²) >= 11 is 0. The normalized spacial score (nSPS) is 39.3. The van der Waals surface area contributed by atoms with Gasteiger partial charge in [-0.1, -0.05) is 57.2 Å². The number of aliphatic hydroxyl groups excluding tert-OH is 2. The van der Waals surface area contributed by atoms with E-state index in [1.807, 2.05) is 13.8 Å². The lowest BCUT2D eigenvalue weighted by Crippen LogP contribution is -2.35. The first-order chi connectivity index (χ1) is 14.4. The summed E-state index contributed by atoms with van der Waals surface area (Å²) in [5.41, 5.74) is 2.93. The van der Waals surface area contributed by atoms with Crippen LogP contribution < -0.4 is 0 Å². The summed E-state index contributed by atoms with van der Waals surface area (Å²) in [6.45, 7) is 14.7. The van der Waals surface area contributed by atoms with Gasteiger partial charge >= 0.3 is 0 Å². The van der Waals surface area contributed by atoms with E-state index < -0.39 is 17.8 Å². The predicted octanol–water partition coefficient (Wildman–Crippen LogP) is 5.73. The van der Waals surface area contributed by atoms with Gasteiger partial charge in [-0.25, -0.2) is 0 Å². The molecule has 0 bridgehead atoms. The monoisotopic (exact) mass is 428 g/mol. The summed E-state index contributed by atoms with van der Waals surface area (Å²) in [5, 5.41) is 30.4. The molecule has 3 saturated carbocycles. The van der Waals surface area contributed by atoms with Gasteiger partial charge in [0.2, 0.25) is 0 Å². The smallest absolute Gasteiger partial charge is 0.0811 e. The molecule has 1 unspecified atom stereocenters. The predicted molar refractivity (Wildman–Crippen MR) is 128 cm³/mol. The summed E-state index contributed by atoms with van der Waals surface area (Å²) in [7, 11) is 0. The molecule has 31 heavy (non-hydrogen) atoms. The van der Waals surface area contributed by atoms with E-state index in [0.29, 0.717) is 36.0 Å². The highest BCUT2D eigenvalue weighted by Crippen LogP contribution is 2.59. The molecule has 0 aromatic heterocycles. The van der Waals surface area contributed by atoms with Gasteiger partial charge in [-0.3, -0.25) is 0 Å². The maximum Gasteiger partial charge on any atom is 0.0811 e. The van der Waals surface area contributed by atoms with Crippen LogP contribution in [-0.4, -0.2) is 33.1 Å². The Bertz CT molecular complexity index is 753. The van der Waals surface area contributed by atoms with Crippen LogP contribution in [0.25, 0.3) is 0 Å². The minimum Gasteiger partial charge on any atom is -0.393 e. The molecule has 0 saturated heterocycles. The molecule has 0 spiro atoms. The van der Waals surface area contributed by atoms with E-state index in [0.717, 1.165) is 17.6 Å². The average Bonchev–Trinajstić information content (AvgIpc) is 3.04. The van der Waals surface area contributed by atoms with Crippen molar-refractivity contribution in [3.8, 4) is 0 Å². The van der Waals surface area contributed by atoms with Crippen molar-refractivity contribution in [2.45, 2.75) is 97.4 Å². The van der Waals surface area contributed by atoms with Crippen LogP contribution in [0.1, 0.15) is 79.6 Å². The number of hydrogen-bond acceptors (Lipinski definition) is 3. The third kappa shape index (κ3) is 5.26. The minimum absolute atomic E-state index is 0.141. The molecule has 174 valence electrons. The molecule has 0 heterocycles. The van der Waals surface area contributed by atoms with E-state index in [4.69, 9.17) is 0 Å². The second-order valence-corrected chi connectivity index (χ2v) is 11.4. The summed E-state index contributed by atoms with van der Waals surface area (Å²) in [6.07, 6.45) is 15.0. The standard InChI is InChI=1S/C28H44O3/c1-18(9-10-19(2)27(4,5)31)24-13-14-25-21(8-7-15-28(24,25)6)11-12-22-16-23(29)17-26(30)20(22)3/h9-12,18-19,23-26,29-31H,3,7-8,13-17H2,1-2,4-6H3/t18-,19+,23-,24-,25?,26-,28-/m1/s1. The van der Waals surface area contributed by atoms with Crippen molar-refractivity contribution in [3.05, 3.63) is 47.6 Å². The van der Waals surface area contributed by atoms with Crippen LogP contribution in [0, 0.1) is 29.1 Å². The van der Waals surface area contributed by atoms with Crippen molar-refractivity contribution < 1.29 is 15.3 Å². The first-order valence-electron chi connectivity index (χ1n) is 12.3. The largest absolute Gasteiger partial charge is 0.393 e. The third-order valence-corrected chi connectivity index (χ3v) is 8.75. The molecular weight excluding hydrogens is 384 g/mol. The highest BCUT2D eigenvalue weighted by atomic mass is 16.3. The van der Waals surface area contributed by atoms with Crippen LogP contribution in [-0.2, 0) is 0 Å². The van der Waals surface area contributed by atoms with Crippen LogP contribution in [0.4, 0.5) is 0 Å². The Balaban J connectivity index is 1.76. The van der Waals surface area contributed by atoms with Crippen molar-refractivity contribution in [1.82, 2.24) is 0 Å². The highest BCUT2D eigenvalue weighted by molar-refractivity contribution is 5.38. The molecule has 0 radical (unpaired) electrons. The molecule has 3 heteroatoms. The Morgan fingerprint density at radius 3 is 2.52 bits per heavy atom. The van der Waals surface area contributed by atoms with Gasteiger partial charge in [0.15, 0.2) is 0 Å². The Kier molecular flexibility index (Phi) is 7.40. The van der Waals surface area contributed by atoms with E-state index in [1.165, 1.54) is 31.3 Å². The molecule has 3 rings (SSSR count). The van der Waals surface area contributed by atoms with Gasteiger partial charge in [-0.2, -0.15) is 0 Å². The lowest BCUT2D eigenvalue weighted by Gasteiger charge is -2.44. The molecule has 3 N–H and O–H groups in total. The highest BCUT2D eigenvalue weighted by Gasteiger charge is 2.50. The zero-order valence-corrected chi connectivity index (χ0v) is 20.3. The maximum atomic E-state index is 10.3. The Morgan fingerprint density at radius 1 is 1.13 bits per heavy atom. The van der Waals surface area contributed by atoms with Gasteiger partial charge in [0.05, 0.1) is 17.8 Å². The second kappa shape index (κ2) is 9.37. The lowest BCUT2D eigenvalue weighted by atomic mass is 9.61. The molecule has 7 atom stereocenters. The van der Waals surface area contributed by atoms with E-state index in [-0.39, 0.29) is 5.92 Å². The molecule has 0 aromatic carbocycles. The fraction of sp³-hybridized carbons (Fsp3) is 0.714. The molecule has 3 fully saturated rings. The Labute approximate surface area is 189 Å². The van der Waals surface area contributed by atoms with Crippen molar-refractivity contribution in [1.29, 1.82) is 0 Å². The van der Waals surface area contributed by atoms with E-state index in [2.05, 4.69) is 51.7 Å². The molecule has 3 aliphatic rings. The molecule has 0 amide bonds. The van der Waals surface area contributed by atoms with Crippen LogP contribution >= 0.6 is 0 Å². The Morgan fingerprint density at radius 2 is 1.84 bits per heavy atom. The van der Waals surface area contributed by atoms with Crippen LogP contribution in [0.3, 0.4) is 0 Å². The maximum absolute atomic E-state index is 10.3. The van der Waals surface area contributed by atoms with Crippen molar-refractivity contribution in [2.75, 3.05) is 0 Å². The average molecular weight is 429 g/mol. The van der Waals surface area contributed by atoms with Crippen molar-refractivity contribution >= 4 is 0 Å². The van der Waals surface area contributed by atoms with Gasteiger partial charge in [0, 0.05) is 12.3 Å². The Hall–Kier alpha value is -1.16. The fourth-order valence-electron chi connectivity index (χ4n) is 6.32. The molecule has 3 nitrogen and oxygen atoms in total. The fourth-order valence-corrected chi connectivity index (χ4v) is 6.32. The number of hydrogen-bond donors (Lipinski definition) is 3. The summed E-state index contributed by atoms with van der Waals surface area (Å²) in [4.78, 5) is 0. The molecule has 0 aliphatic heterocycles. The zero-order chi connectivity index (χ0) is 23.0. The first kappa shape index (κ1) is 24.5. The van der Waals surface area contributed by atoms with E-state index in [9.17, 15) is 15.3 Å². The van der Waals surface area contributed by atoms with Crippen molar-refractivity contribution in [2.24, 2.45) is 29.1 Å². The summed E-state index contributed by atoms with van der Waals surface area (Å²) < 4.78 is 0. The summed E-state index contributed by atoms with van der Waals surface area (Å²) in [6, 6.07) is 0. The van der Waals surface area contributed by atoms with Crippen LogP contribution in [0.2, 0.25) is 0 Å². The summed E-state index contributed by atoms with van der Waals surface area (Å²) in [5.74, 6) is 1.91. The van der Waals surface area contributed by atoms with Gasteiger partial charge in [-0.05, 0) is 86.7 Å². The van der Waals surface area contributed by atoms with Crippen LogP contribution in [0.5, 0.6) is 0 Å². The SMILES string of the molecule is C=C1C(=CC=C2CCC[C@@]3(C)C2CC[C@@H]3[C@H](C)C=C[C@H](C)C(C)(C)O)C[C@@H](O)C[C@H]1O. The molecule has 0 aromatic rings. The topological polar surface area (TPSA) is 60.7 Å². The number of rotatable bonds is 5. The molecule has 3 aliphatic carbocycles. The lowest BCUT2D eigenvalue weighted by molar-refractivity contribution is 0.0436. The number of fused-ring (bicyclic) bond motifs is 1. The van der Waals surface area contributed by atoms with E-state index >= 15 is 0 Å². The number of allylic oxidation sites excluding steroid dienone is 4. The quantitative estimate of drug-likeness (QED) is 0.490. The van der Waals surface area contributed by atoms with E-state index in [1.54, 1.807) is 0 Å². The second-order valence-electron chi connectivity index (χ2n) is 11.4. The number of aliphatic hydroxyl groups is 3. The zero-order valence-electron chi connectivity index (χ0n) is 20.3. The van der Waals surface area contributed by atoms with Crippen molar-refractivity contribution in [3.63, 3.8) is 0 Å². The minimum atomic E-state index is -0.684.